The van der Waals surface area contributed by atoms with Crippen LogP contribution in [-0.4, -0.2) is 26.7 Å². The Bertz CT molecular complexity index is 1290. The minimum absolute atomic E-state index is 0.108. The summed E-state index contributed by atoms with van der Waals surface area (Å²) < 4.78 is 5.96. The quantitative estimate of drug-likeness (QED) is 0.496. The predicted molar refractivity (Wildman–Crippen MR) is 113 cm³/mol. The van der Waals surface area contributed by atoms with Crippen molar-refractivity contribution in [3.05, 3.63) is 91.9 Å². The topological polar surface area (TPSA) is 129 Å². The minimum Gasteiger partial charge on any atom is -0.485 e. The van der Waals surface area contributed by atoms with Crippen LogP contribution < -0.4 is 10.3 Å². The number of rotatable bonds is 3. The Balaban J connectivity index is 2.01. The minimum atomic E-state index is -1.12. The fraction of sp³-hybridized carbons (Fsp3) is 0.217. The smallest absolute Gasteiger partial charge is 0.270 e. The number of fused-ring (bicyclic) bond motifs is 1. The molecule has 1 aromatic heterocycles. The molecular weight excluding hydrogens is 398 g/mol. The zero-order chi connectivity index (χ0) is 22.3. The highest BCUT2D eigenvalue weighted by molar-refractivity contribution is 5.71. The molecule has 2 aromatic carbocycles. The van der Waals surface area contributed by atoms with Gasteiger partial charge in [-0.3, -0.25) is 14.9 Å². The zero-order valence-corrected chi connectivity index (χ0v) is 16.8. The number of non-ortho nitro benzene ring substituents is 1. The predicted octanol–water partition coefficient (Wildman–Crippen LogP) is 3.49. The average Bonchev–Trinajstić information content (AvgIpc) is 2.75. The van der Waals surface area contributed by atoms with Crippen molar-refractivity contribution in [1.82, 2.24) is 4.98 Å². The Labute approximate surface area is 177 Å². The second-order valence-corrected chi connectivity index (χ2v) is 7.93. The van der Waals surface area contributed by atoms with E-state index in [0.717, 1.165) is 0 Å². The first-order valence-corrected chi connectivity index (χ1v) is 9.60. The number of pyridine rings is 1. The SMILES string of the molecule is CC1(C)Oc2ccc(C#N)cc2[C@H](c2c(-c3cccc([N+](=O)[O-])c3)cc[nH]c2=O)[C@H]1O. The van der Waals surface area contributed by atoms with Crippen LogP contribution in [0.4, 0.5) is 5.69 Å². The highest BCUT2D eigenvalue weighted by Gasteiger charge is 2.45. The van der Waals surface area contributed by atoms with E-state index in [9.17, 15) is 25.3 Å². The van der Waals surface area contributed by atoms with Gasteiger partial charge in [-0.25, -0.2) is 0 Å². The molecule has 1 aliphatic heterocycles. The second-order valence-electron chi connectivity index (χ2n) is 7.93. The molecule has 156 valence electrons. The number of H-pyrrole nitrogens is 1. The normalized spacial score (nSPS) is 19.0. The van der Waals surface area contributed by atoms with Crippen molar-refractivity contribution < 1.29 is 14.8 Å². The van der Waals surface area contributed by atoms with Crippen LogP contribution in [0.25, 0.3) is 11.1 Å². The summed E-state index contributed by atoms with van der Waals surface area (Å²) in [5.74, 6) is -0.348. The van der Waals surface area contributed by atoms with Gasteiger partial charge in [-0.15, -0.1) is 0 Å². The third-order valence-corrected chi connectivity index (χ3v) is 5.55. The van der Waals surface area contributed by atoms with Crippen molar-refractivity contribution in [2.24, 2.45) is 0 Å². The molecule has 2 atom stereocenters. The molecule has 8 heteroatoms. The van der Waals surface area contributed by atoms with Crippen LogP contribution in [0.3, 0.4) is 0 Å². The first-order chi connectivity index (χ1) is 14.7. The van der Waals surface area contributed by atoms with E-state index in [4.69, 9.17) is 4.74 Å². The molecule has 31 heavy (non-hydrogen) atoms. The number of aromatic nitrogens is 1. The van der Waals surface area contributed by atoms with Gasteiger partial charge in [0.05, 0.1) is 16.6 Å². The van der Waals surface area contributed by atoms with Crippen LogP contribution in [0.1, 0.15) is 36.5 Å². The lowest BCUT2D eigenvalue weighted by atomic mass is 9.75. The van der Waals surface area contributed by atoms with Crippen LogP contribution in [-0.2, 0) is 0 Å². The van der Waals surface area contributed by atoms with Gasteiger partial charge in [0.1, 0.15) is 17.5 Å². The van der Waals surface area contributed by atoms with E-state index in [2.05, 4.69) is 11.1 Å². The standard InChI is InChI=1S/C23H19N3O5/c1-23(2)21(27)19(17-10-13(12-24)6-7-18(17)31-23)20-16(8-9-25-22(20)28)14-4-3-5-15(11-14)26(29)30/h3-11,19,21,27H,1-2H3,(H,25,28)/t19-,21-/m1/s1. The molecular formula is C23H19N3O5. The Morgan fingerprint density at radius 1 is 1.23 bits per heavy atom. The summed E-state index contributed by atoms with van der Waals surface area (Å²) in [7, 11) is 0. The average molecular weight is 417 g/mol. The van der Waals surface area contributed by atoms with Gasteiger partial charge in [0.25, 0.3) is 11.2 Å². The van der Waals surface area contributed by atoms with Crippen LogP contribution in [0, 0.1) is 21.4 Å². The molecule has 0 unspecified atom stereocenters. The number of aliphatic hydroxyl groups is 1. The van der Waals surface area contributed by atoms with E-state index >= 15 is 0 Å². The number of aliphatic hydroxyl groups excluding tert-OH is 1. The Morgan fingerprint density at radius 2 is 2.00 bits per heavy atom. The molecule has 8 nitrogen and oxygen atoms in total. The van der Waals surface area contributed by atoms with E-state index in [1.807, 2.05) is 0 Å². The van der Waals surface area contributed by atoms with Gasteiger partial charge in [-0.1, -0.05) is 12.1 Å². The maximum atomic E-state index is 13.0. The summed E-state index contributed by atoms with van der Waals surface area (Å²) in [6.07, 6.45) is 0.346. The Hall–Kier alpha value is -3.96. The van der Waals surface area contributed by atoms with Crippen LogP contribution in [0.5, 0.6) is 5.75 Å². The lowest BCUT2D eigenvalue weighted by Crippen LogP contribution is -2.50. The van der Waals surface area contributed by atoms with Crippen molar-refractivity contribution in [1.29, 1.82) is 5.26 Å². The van der Waals surface area contributed by atoms with E-state index in [-0.39, 0.29) is 11.3 Å². The van der Waals surface area contributed by atoms with Gasteiger partial charge in [-0.05, 0) is 49.2 Å². The summed E-state index contributed by atoms with van der Waals surface area (Å²) in [6.45, 7) is 3.44. The van der Waals surface area contributed by atoms with Gasteiger partial charge in [0, 0.05) is 35.4 Å². The van der Waals surface area contributed by atoms with Gasteiger partial charge in [0.2, 0.25) is 0 Å². The molecule has 0 saturated heterocycles. The molecule has 3 aromatic rings. The number of nitro groups is 1. The first-order valence-electron chi connectivity index (χ1n) is 9.60. The van der Waals surface area contributed by atoms with Gasteiger partial charge >= 0.3 is 0 Å². The third kappa shape index (κ3) is 3.45. The van der Waals surface area contributed by atoms with Crippen LogP contribution in [0.15, 0.2) is 59.5 Å². The number of nitrogens with zero attached hydrogens (tertiary/aromatic N) is 2. The molecule has 0 saturated carbocycles. The summed E-state index contributed by atoms with van der Waals surface area (Å²) in [4.78, 5) is 26.4. The van der Waals surface area contributed by atoms with Gasteiger partial charge in [-0.2, -0.15) is 5.26 Å². The number of nitriles is 1. The second kappa shape index (κ2) is 7.38. The van der Waals surface area contributed by atoms with Crippen molar-refractivity contribution in [2.75, 3.05) is 0 Å². The number of hydrogen-bond acceptors (Lipinski definition) is 6. The lowest BCUT2D eigenvalue weighted by Gasteiger charge is -2.42. The van der Waals surface area contributed by atoms with Gasteiger partial charge < -0.3 is 14.8 Å². The van der Waals surface area contributed by atoms with E-state index in [1.165, 1.54) is 18.3 Å². The van der Waals surface area contributed by atoms with Crippen molar-refractivity contribution in [3.63, 3.8) is 0 Å². The summed E-state index contributed by atoms with van der Waals surface area (Å²) in [5.41, 5.74) is 0.504. The van der Waals surface area contributed by atoms with E-state index in [1.54, 1.807) is 50.2 Å². The number of ether oxygens (including phenoxy) is 1. The van der Waals surface area contributed by atoms with Crippen molar-refractivity contribution >= 4 is 5.69 Å². The van der Waals surface area contributed by atoms with Gasteiger partial charge in [0.15, 0.2) is 0 Å². The maximum absolute atomic E-state index is 13.0. The van der Waals surface area contributed by atoms with Crippen LogP contribution in [0.2, 0.25) is 0 Å². The summed E-state index contributed by atoms with van der Waals surface area (Å²) >= 11 is 0. The Kier molecular flexibility index (Phi) is 4.84. The molecule has 0 radical (unpaired) electrons. The molecule has 0 fully saturated rings. The fourth-order valence-electron chi connectivity index (χ4n) is 4.02. The Morgan fingerprint density at radius 3 is 2.71 bits per heavy atom. The monoisotopic (exact) mass is 417 g/mol. The summed E-state index contributed by atoms with van der Waals surface area (Å²) in [6, 6.07) is 14.6. The number of benzene rings is 2. The number of hydrogen-bond donors (Lipinski definition) is 2. The first kappa shape index (κ1) is 20.3. The molecule has 1 aliphatic rings. The third-order valence-electron chi connectivity index (χ3n) is 5.55. The molecule has 4 rings (SSSR count). The maximum Gasteiger partial charge on any atom is 0.270 e. The number of nitrogens with one attached hydrogen (secondary N) is 1. The lowest BCUT2D eigenvalue weighted by molar-refractivity contribution is -0.384. The molecule has 0 aliphatic carbocycles. The summed E-state index contributed by atoms with van der Waals surface area (Å²) in [5, 5.41) is 31.8. The molecule has 0 spiro atoms. The molecule has 0 bridgehead atoms. The van der Waals surface area contributed by atoms with E-state index in [0.29, 0.717) is 28.0 Å². The number of nitro benzene ring substituents is 1. The highest BCUT2D eigenvalue weighted by Crippen LogP contribution is 2.46. The van der Waals surface area contributed by atoms with Crippen LogP contribution >= 0.6 is 0 Å². The van der Waals surface area contributed by atoms with Crippen molar-refractivity contribution in [3.8, 4) is 22.9 Å². The van der Waals surface area contributed by atoms with Crippen molar-refractivity contribution in [2.45, 2.75) is 31.5 Å². The molecule has 2 heterocycles. The molecule has 0 amide bonds. The van der Waals surface area contributed by atoms with E-state index < -0.39 is 28.1 Å². The largest absolute Gasteiger partial charge is 0.485 e. The highest BCUT2D eigenvalue weighted by atomic mass is 16.6. The fourth-order valence-corrected chi connectivity index (χ4v) is 4.02. The molecule has 2 N–H and O–H groups in total. The zero-order valence-electron chi connectivity index (χ0n) is 16.8. The number of aromatic amines is 1.